The molecule has 0 unspecified atom stereocenters. The molecule has 0 aliphatic carbocycles. The number of aromatic nitrogens is 2. The highest BCUT2D eigenvalue weighted by Crippen LogP contribution is 2.39. The van der Waals surface area contributed by atoms with Gasteiger partial charge in [0.15, 0.2) is 0 Å². The summed E-state index contributed by atoms with van der Waals surface area (Å²) in [6.45, 7) is 0.0895. The normalized spacial score (nSPS) is 11.8. The number of rotatable bonds is 8. The Kier molecular flexibility index (Phi) is 12.1. The van der Waals surface area contributed by atoms with Gasteiger partial charge in [-0.15, -0.1) is 0 Å². The van der Waals surface area contributed by atoms with Gasteiger partial charge in [-0.2, -0.15) is 0 Å². The first-order valence-corrected chi connectivity index (χ1v) is 26.7. The Bertz CT molecular complexity index is 4510. The highest BCUT2D eigenvalue weighted by atomic mass is 16.5. The molecule has 4 heterocycles. The van der Waals surface area contributed by atoms with Crippen LogP contribution in [0.4, 0.5) is 0 Å². The minimum atomic E-state index is 0. The van der Waals surface area contributed by atoms with E-state index in [4.69, 9.17) is 18.9 Å². The van der Waals surface area contributed by atoms with Gasteiger partial charge in [0.05, 0.1) is 22.1 Å². The largest absolute Gasteiger partial charge is 0.458 e. The Balaban J connectivity index is 0.000000142. The molecule has 16 rings (SSSR count). The summed E-state index contributed by atoms with van der Waals surface area (Å²) in [5.41, 5.74) is 15.1. The van der Waals surface area contributed by atoms with Crippen LogP contribution in [0.1, 0.15) is 7.43 Å². The maximum atomic E-state index is 6.50. The molecule has 2 aliphatic rings. The second-order valence-electron chi connectivity index (χ2n) is 19.9. The van der Waals surface area contributed by atoms with Gasteiger partial charge in [0.25, 0.3) is 6.71 Å². The van der Waals surface area contributed by atoms with Crippen molar-refractivity contribution in [1.29, 1.82) is 0 Å². The van der Waals surface area contributed by atoms with Crippen LogP contribution in [-0.4, -0.2) is 15.8 Å². The highest BCUT2D eigenvalue weighted by Gasteiger charge is 2.39. The van der Waals surface area contributed by atoms with Gasteiger partial charge in [0, 0.05) is 44.4 Å². The second-order valence-corrected chi connectivity index (χ2v) is 19.9. The molecule has 7 heteroatoms. The standard InChI is InChI=1S/C36H22BNO2.C36H25NO2.CH4/c1-4-11-30-26(8-1)27-9-2-5-12-31(27)38(30)25-19-16-23(17-20-25)24-18-21-29-35(22-24)40-34-15-7-14-33-36(34)37(29)28-10-3-6-13-32(28)39-33;1-2-11-29(12-3-1)38-31-14-9-15-32(25-31)39-30-13-8-10-27(24-30)26-20-22-28(23-21-26)37-35-18-6-4-16-33(35)34-17-5-7-19-36(34)37;/h1-22H;1-25H;1H4. The van der Waals surface area contributed by atoms with Crippen LogP contribution in [0.15, 0.2) is 285 Å². The molecule has 12 aromatic carbocycles. The SMILES string of the molecule is C.c1ccc(Oc2cccc(Oc3cccc(-c4ccc(-n5c6ccccc6c6ccccc65)cc4)c3)c2)cc1.c1ccc2c(c1)Oc1cccc3c1B2c1ccc(-c2ccc(-n4c5ccccc5c5ccccc54)cc2)cc1O3. The summed E-state index contributed by atoms with van der Waals surface area (Å²) in [6.07, 6.45) is 0. The van der Waals surface area contributed by atoms with E-state index in [0.717, 1.165) is 85.1 Å². The third-order valence-corrected chi connectivity index (χ3v) is 15.2. The van der Waals surface area contributed by atoms with Gasteiger partial charge in [0.1, 0.15) is 46.0 Å². The Morgan fingerprint density at radius 2 is 0.662 bits per heavy atom. The quantitative estimate of drug-likeness (QED) is 0.142. The molecule has 2 aromatic heterocycles. The molecule has 0 amide bonds. The van der Waals surface area contributed by atoms with Gasteiger partial charge in [-0.25, -0.2) is 0 Å². The zero-order chi connectivity index (χ0) is 52.2. The summed E-state index contributed by atoms with van der Waals surface area (Å²) in [7, 11) is 0. The van der Waals surface area contributed by atoms with Crippen LogP contribution in [0.2, 0.25) is 0 Å². The van der Waals surface area contributed by atoms with E-state index in [9.17, 15) is 0 Å². The average molecular weight is 1030 g/mol. The van der Waals surface area contributed by atoms with Crippen LogP contribution < -0.4 is 35.3 Å². The summed E-state index contributed by atoms with van der Waals surface area (Å²) in [6, 6.07) is 98.6. The third-order valence-electron chi connectivity index (χ3n) is 15.2. The minimum Gasteiger partial charge on any atom is -0.458 e. The van der Waals surface area contributed by atoms with Crippen molar-refractivity contribution < 1.29 is 18.9 Å². The smallest absolute Gasteiger partial charge is 0.260 e. The van der Waals surface area contributed by atoms with Gasteiger partial charge in [0.2, 0.25) is 0 Å². The van der Waals surface area contributed by atoms with Crippen molar-refractivity contribution in [3.8, 4) is 79.6 Å². The molecular weight excluding hydrogens is 980 g/mol. The predicted molar refractivity (Wildman–Crippen MR) is 330 cm³/mol. The summed E-state index contributed by atoms with van der Waals surface area (Å²) in [5.74, 6) is 6.57. The first-order chi connectivity index (χ1) is 39.1. The van der Waals surface area contributed by atoms with E-state index in [1.165, 1.54) is 54.5 Å². The number of para-hydroxylation sites is 6. The van der Waals surface area contributed by atoms with Crippen molar-refractivity contribution in [1.82, 2.24) is 9.13 Å². The molecule has 0 fully saturated rings. The number of benzene rings is 12. The van der Waals surface area contributed by atoms with Gasteiger partial charge < -0.3 is 28.1 Å². The van der Waals surface area contributed by atoms with Crippen LogP contribution in [0.3, 0.4) is 0 Å². The molecule has 0 atom stereocenters. The summed E-state index contributed by atoms with van der Waals surface area (Å²) >= 11 is 0. The maximum absolute atomic E-state index is 6.50. The first kappa shape index (κ1) is 47.9. The number of hydrogen-bond acceptors (Lipinski definition) is 4. The topological polar surface area (TPSA) is 46.8 Å². The Hall–Kier alpha value is -10.5. The lowest BCUT2D eigenvalue weighted by molar-refractivity contribution is 0.460. The molecule has 0 bridgehead atoms. The maximum Gasteiger partial charge on any atom is 0.260 e. The average Bonchev–Trinajstić information content (AvgIpc) is 4.12. The molecule has 0 saturated carbocycles. The summed E-state index contributed by atoms with van der Waals surface area (Å²) in [4.78, 5) is 0. The van der Waals surface area contributed by atoms with E-state index in [1.807, 2.05) is 97.1 Å². The van der Waals surface area contributed by atoms with Crippen molar-refractivity contribution in [2.45, 2.75) is 7.43 Å². The monoisotopic (exact) mass is 1030 g/mol. The Morgan fingerprint density at radius 1 is 0.275 bits per heavy atom. The van der Waals surface area contributed by atoms with E-state index >= 15 is 0 Å². The molecule has 0 radical (unpaired) electrons. The van der Waals surface area contributed by atoms with Crippen LogP contribution >= 0.6 is 0 Å². The predicted octanol–water partition coefficient (Wildman–Crippen LogP) is 17.8. The molecule has 0 saturated heterocycles. The van der Waals surface area contributed by atoms with Crippen molar-refractivity contribution >= 4 is 66.7 Å². The summed E-state index contributed by atoms with van der Waals surface area (Å²) < 4.78 is 29.6. The third kappa shape index (κ3) is 8.49. The molecule has 80 heavy (non-hydrogen) atoms. The first-order valence-electron chi connectivity index (χ1n) is 26.7. The molecule has 14 aromatic rings. The lowest BCUT2D eigenvalue weighted by Gasteiger charge is -2.32. The number of nitrogens with zero attached hydrogens (tertiary/aromatic N) is 2. The van der Waals surface area contributed by atoms with Crippen molar-refractivity contribution in [2.24, 2.45) is 0 Å². The fourth-order valence-corrected chi connectivity index (χ4v) is 11.7. The molecule has 6 nitrogen and oxygen atoms in total. The minimum absolute atomic E-state index is 0. The highest BCUT2D eigenvalue weighted by molar-refractivity contribution is 6.98. The van der Waals surface area contributed by atoms with Crippen molar-refractivity contribution in [3.05, 3.63) is 285 Å². The molecule has 0 spiro atoms. The van der Waals surface area contributed by atoms with Crippen LogP contribution in [0, 0.1) is 0 Å². The van der Waals surface area contributed by atoms with E-state index in [2.05, 4.69) is 197 Å². The van der Waals surface area contributed by atoms with Crippen LogP contribution in [-0.2, 0) is 0 Å². The molecule has 2 aliphatic heterocycles. The molecule has 0 N–H and O–H groups in total. The summed E-state index contributed by atoms with van der Waals surface area (Å²) in [5, 5.41) is 5.07. The lowest BCUT2D eigenvalue weighted by atomic mass is 9.35. The van der Waals surface area contributed by atoms with E-state index in [-0.39, 0.29) is 14.1 Å². The number of fused-ring (bicyclic) bond motifs is 10. The zero-order valence-electron chi connectivity index (χ0n) is 42.7. The lowest BCUT2D eigenvalue weighted by Crippen LogP contribution is -2.57. The number of hydrogen-bond donors (Lipinski definition) is 0. The van der Waals surface area contributed by atoms with Crippen molar-refractivity contribution in [3.63, 3.8) is 0 Å². The second kappa shape index (κ2) is 20.1. The van der Waals surface area contributed by atoms with E-state index < -0.39 is 0 Å². The van der Waals surface area contributed by atoms with Crippen LogP contribution in [0.5, 0.6) is 46.0 Å². The zero-order valence-corrected chi connectivity index (χ0v) is 42.7. The van der Waals surface area contributed by atoms with Crippen molar-refractivity contribution in [2.75, 3.05) is 0 Å². The van der Waals surface area contributed by atoms with Gasteiger partial charge in [-0.3, -0.25) is 0 Å². The van der Waals surface area contributed by atoms with E-state index in [1.54, 1.807) is 0 Å². The molecule has 380 valence electrons. The molecular formula is C73H51BN2O4. The Morgan fingerprint density at radius 3 is 1.23 bits per heavy atom. The van der Waals surface area contributed by atoms with Crippen LogP contribution in [0.25, 0.3) is 77.2 Å². The fourth-order valence-electron chi connectivity index (χ4n) is 11.7. The van der Waals surface area contributed by atoms with Gasteiger partial charge in [-0.05, 0) is 142 Å². The van der Waals surface area contributed by atoms with Gasteiger partial charge in [-0.1, -0.05) is 177 Å². The Labute approximate surface area is 464 Å². The fraction of sp³-hybridized carbons (Fsp3) is 0.0137. The number of ether oxygens (including phenoxy) is 4. The van der Waals surface area contributed by atoms with E-state index in [0.29, 0.717) is 0 Å². The van der Waals surface area contributed by atoms with Gasteiger partial charge >= 0.3 is 0 Å².